The van der Waals surface area contributed by atoms with Crippen molar-refractivity contribution in [2.45, 2.75) is 13.5 Å². The third-order valence-electron chi connectivity index (χ3n) is 3.95. The number of nitrogens with zero attached hydrogens (tertiary/aromatic N) is 1. The van der Waals surface area contributed by atoms with Crippen molar-refractivity contribution >= 4 is 22.9 Å². The van der Waals surface area contributed by atoms with Gasteiger partial charge in [-0.3, -0.25) is 19.5 Å². The summed E-state index contributed by atoms with van der Waals surface area (Å²) in [4.78, 5) is 39.8. The number of fused-ring (bicyclic) bond motifs is 2. The highest BCUT2D eigenvalue weighted by Crippen LogP contribution is 2.26. The van der Waals surface area contributed by atoms with Crippen LogP contribution in [0.1, 0.15) is 31.8 Å². The van der Waals surface area contributed by atoms with Gasteiger partial charge in [0.15, 0.2) is 5.58 Å². The molecule has 2 aromatic carbocycles. The van der Waals surface area contributed by atoms with Gasteiger partial charge in [-0.15, -0.1) is 0 Å². The zero-order valence-electron chi connectivity index (χ0n) is 12.3. The SMILES string of the molecule is Cc1ccc2c(c1)C(=O)N(Cc1ccc3[nH]c(=O)oc3c1)C2=O. The molecule has 0 saturated heterocycles. The lowest BCUT2D eigenvalue weighted by Crippen LogP contribution is -2.29. The van der Waals surface area contributed by atoms with E-state index in [2.05, 4.69) is 4.98 Å². The van der Waals surface area contributed by atoms with Crippen LogP contribution in [-0.2, 0) is 6.54 Å². The molecule has 0 unspecified atom stereocenters. The lowest BCUT2D eigenvalue weighted by atomic mass is 10.1. The van der Waals surface area contributed by atoms with Crippen molar-refractivity contribution in [3.63, 3.8) is 0 Å². The molecule has 0 saturated carbocycles. The molecular formula is C17H12N2O4. The van der Waals surface area contributed by atoms with E-state index in [9.17, 15) is 14.4 Å². The molecule has 2 heterocycles. The number of oxazole rings is 1. The number of nitrogens with one attached hydrogen (secondary N) is 1. The molecule has 4 rings (SSSR count). The Bertz CT molecular complexity index is 1030. The molecule has 3 aromatic rings. The van der Waals surface area contributed by atoms with Gasteiger partial charge in [0.2, 0.25) is 0 Å². The molecule has 0 radical (unpaired) electrons. The number of aromatic nitrogens is 1. The lowest BCUT2D eigenvalue weighted by Gasteiger charge is -2.13. The van der Waals surface area contributed by atoms with Crippen molar-refractivity contribution in [2.75, 3.05) is 0 Å². The minimum atomic E-state index is -0.534. The smallest absolute Gasteiger partial charge is 0.408 e. The van der Waals surface area contributed by atoms with Crippen LogP contribution in [0.2, 0.25) is 0 Å². The van der Waals surface area contributed by atoms with Gasteiger partial charge in [-0.25, -0.2) is 4.79 Å². The predicted molar refractivity (Wildman–Crippen MR) is 82.2 cm³/mol. The minimum Gasteiger partial charge on any atom is -0.408 e. The van der Waals surface area contributed by atoms with Crippen molar-refractivity contribution in [1.29, 1.82) is 0 Å². The molecule has 0 spiro atoms. The van der Waals surface area contributed by atoms with Gasteiger partial charge in [-0.2, -0.15) is 0 Å². The van der Waals surface area contributed by atoms with E-state index in [-0.39, 0.29) is 18.4 Å². The number of hydrogen-bond acceptors (Lipinski definition) is 4. The maximum atomic E-state index is 12.5. The Morgan fingerprint density at radius 1 is 1.00 bits per heavy atom. The normalized spacial score (nSPS) is 13.9. The number of H-pyrrole nitrogens is 1. The summed E-state index contributed by atoms with van der Waals surface area (Å²) < 4.78 is 5.00. The minimum absolute atomic E-state index is 0.135. The highest BCUT2D eigenvalue weighted by molar-refractivity contribution is 6.21. The molecule has 0 atom stereocenters. The average molecular weight is 308 g/mol. The zero-order chi connectivity index (χ0) is 16.1. The summed E-state index contributed by atoms with van der Waals surface area (Å²) in [5.74, 6) is -1.14. The number of benzene rings is 2. The first kappa shape index (κ1) is 13.5. The number of hydrogen-bond donors (Lipinski definition) is 1. The fourth-order valence-corrected chi connectivity index (χ4v) is 2.82. The summed E-state index contributed by atoms with van der Waals surface area (Å²) in [5.41, 5.74) is 3.49. The van der Waals surface area contributed by atoms with Crippen molar-refractivity contribution in [3.8, 4) is 0 Å². The van der Waals surface area contributed by atoms with E-state index in [4.69, 9.17) is 4.42 Å². The molecule has 1 aromatic heterocycles. The van der Waals surface area contributed by atoms with Crippen molar-refractivity contribution in [2.24, 2.45) is 0 Å². The first-order valence-corrected chi connectivity index (χ1v) is 7.11. The molecule has 0 fully saturated rings. The van der Waals surface area contributed by atoms with Crippen LogP contribution in [-0.4, -0.2) is 21.7 Å². The maximum absolute atomic E-state index is 12.5. The molecule has 0 aliphatic carbocycles. The van der Waals surface area contributed by atoms with Crippen molar-refractivity contribution in [3.05, 3.63) is 69.2 Å². The third-order valence-corrected chi connectivity index (χ3v) is 3.95. The molecule has 6 heteroatoms. The number of aromatic amines is 1. The van der Waals surface area contributed by atoms with Gasteiger partial charge in [0.25, 0.3) is 11.8 Å². The Morgan fingerprint density at radius 3 is 2.61 bits per heavy atom. The van der Waals surface area contributed by atoms with Crippen LogP contribution in [0.4, 0.5) is 0 Å². The maximum Gasteiger partial charge on any atom is 0.417 e. The monoisotopic (exact) mass is 308 g/mol. The van der Waals surface area contributed by atoms with Gasteiger partial charge in [-0.1, -0.05) is 17.7 Å². The fraction of sp³-hybridized carbons (Fsp3) is 0.118. The van der Waals surface area contributed by atoms with E-state index >= 15 is 0 Å². The van der Waals surface area contributed by atoms with E-state index in [1.807, 2.05) is 13.0 Å². The second kappa shape index (κ2) is 4.67. The summed E-state index contributed by atoms with van der Waals surface area (Å²) in [6.45, 7) is 2.01. The fourth-order valence-electron chi connectivity index (χ4n) is 2.82. The second-order valence-electron chi connectivity index (χ2n) is 5.59. The number of imide groups is 1. The number of carbonyl (C=O) groups is 2. The van der Waals surface area contributed by atoms with Gasteiger partial charge in [0.1, 0.15) is 0 Å². The summed E-state index contributed by atoms with van der Waals surface area (Å²) in [7, 11) is 0. The number of rotatable bonds is 2. The highest BCUT2D eigenvalue weighted by atomic mass is 16.4. The summed E-state index contributed by atoms with van der Waals surface area (Å²) in [6.07, 6.45) is 0. The number of amides is 2. The first-order chi connectivity index (χ1) is 11.0. The van der Waals surface area contributed by atoms with Gasteiger partial charge in [-0.05, 0) is 36.8 Å². The quantitative estimate of drug-likeness (QED) is 0.736. The topological polar surface area (TPSA) is 83.4 Å². The average Bonchev–Trinajstić information content (AvgIpc) is 2.99. The van der Waals surface area contributed by atoms with Crippen LogP contribution in [0, 0.1) is 6.92 Å². The molecule has 6 nitrogen and oxygen atoms in total. The Balaban J connectivity index is 1.69. The van der Waals surface area contributed by atoms with Crippen molar-refractivity contribution < 1.29 is 14.0 Å². The van der Waals surface area contributed by atoms with Crippen LogP contribution in [0.5, 0.6) is 0 Å². The Labute approximate surface area is 130 Å². The molecule has 1 aliphatic heterocycles. The first-order valence-electron chi connectivity index (χ1n) is 7.11. The number of carbonyl (C=O) groups excluding carboxylic acids is 2. The molecule has 1 aliphatic rings. The Hall–Kier alpha value is -3.15. The third kappa shape index (κ3) is 2.07. The largest absolute Gasteiger partial charge is 0.417 e. The van der Waals surface area contributed by atoms with Crippen LogP contribution in [0.3, 0.4) is 0 Å². The van der Waals surface area contributed by atoms with E-state index in [0.717, 1.165) is 5.56 Å². The lowest BCUT2D eigenvalue weighted by molar-refractivity contribution is 0.0642. The van der Waals surface area contributed by atoms with Gasteiger partial charge in [0, 0.05) is 0 Å². The van der Waals surface area contributed by atoms with Crippen molar-refractivity contribution in [1.82, 2.24) is 9.88 Å². The molecule has 1 N–H and O–H groups in total. The van der Waals surface area contributed by atoms with E-state index in [0.29, 0.717) is 27.8 Å². The van der Waals surface area contributed by atoms with Crippen LogP contribution >= 0.6 is 0 Å². The highest BCUT2D eigenvalue weighted by Gasteiger charge is 2.35. The van der Waals surface area contributed by atoms with E-state index < -0.39 is 5.76 Å². The Kier molecular flexibility index (Phi) is 2.74. The number of aryl methyl sites for hydroxylation is 1. The van der Waals surface area contributed by atoms with Crippen LogP contribution in [0.25, 0.3) is 11.1 Å². The predicted octanol–water partition coefficient (Wildman–Crippen LogP) is 2.23. The van der Waals surface area contributed by atoms with Gasteiger partial charge >= 0.3 is 5.76 Å². The van der Waals surface area contributed by atoms with Gasteiger partial charge in [0.05, 0.1) is 23.2 Å². The summed E-state index contributed by atoms with van der Waals surface area (Å²) in [6, 6.07) is 10.3. The van der Waals surface area contributed by atoms with Gasteiger partial charge < -0.3 is 4.42 Å². The zero-order valence-corrected chi connectivity index (χ0v) is 12.3. The van der Waals surface area contributed by atoms with E-state index in [1.54, 1.807) is 30.3 Å². The standard InChI is InChI=1S/C17H12N2O4/c1-9-2-4-11-12(6-9)16(21)19(15(11)20)8-10-3-5-13-14(7-10)23-17(22)18-13/h2-7H,8H2,1H3,(H,18,22). The summed E-state index contributed by atoms with van der Waals surface area (Å²) >= 11 is 0. The molecule has 23 heavy (non-hydrogen) atoms. The summed E-state index contributed by atoms with van der Waals surface area (Å²) in [5, 5.41) is 0. The molecule has 0 bridgehead atoms. The molecule has 2 amide bonds. The van der Waals surface area contributed by atoms with E-state index in [1.165, 1.54) is 4.90 Å². The van der Waals surface area contributed by atoms with Crippen LogP contribution < -0.4 is 5.76 Å². The molecule has 114 valence electrons. The molecular weight excluding hydrogens is 296 g/mol. The van der Waals surface area contributed by atoms with Crippen LogP contribution in [0.15, 0.2) is 45.6 Å². The Morgan fingerprint density at radius 2 is 1.78 bits per heavy atom. The second-order valence-corrected chi connectivity index (χ2v) is 5.59.